The molecule has 1 N–H and O–H groups in total. The van der Waals surface area contributed by atoms with Gasteiger partial charge >= 0.3 is 0 Å². The molecule has 1 aromatic rings. The van der Waals surface area contributed by atoms with Crippen LogP contribution in [0.1, 0.15) is 63.4 Å². The molecule has 3 heteroatoms. The number of thiazole rings is 1. The van der Waals surface area contributed by atoms with E-state index in [0.29, 0.717) is 12.0 Å². The van der Waals surface area contributed by atoms with E-state index in [1.807, 2.05) is 5.51 Å². The molecular formula is C17H29NOS. The van der Waals surface area contributed by atoms with Crippen molar-refractivity contribution >= 4 is 11.3 Å². The quantitative estimate of drug-likeness (QED) is 0.880. The van der Waals surface area contributed by atoms with E-state index < -0.39 is 0 Å². The first-order valence-electron chi connectivity index (χ1n) is 7.86. The maximum Gasteiger partial charge on any atom is 0.0797 e. The van der Waals surface area contributed by atoms with Gasteiger partial charge in [-0.1, -0.05) is 20.8 Å². The number of aryl methyl sites for hydroxylation is 2. The van der Waals surface area contributed by atoms with Crippen molar-refractivity contribution in [2.24, 2.45) is 16.7 Å². The number of aliphatic hydroxyl groups excluding tert-OH is 1. The molecular weight excluding hydrogens is 266 g/mol. The highest BCUT2D eigenvalue weighted by atomic mass is 32.1. The third-order valence-electron chi connectivity index (χ3n) is 5.33. The molecule has 0 atom stereocenters. The van der Waals surface area contributed by atoms with Gasteiger partial charge in [0.1, 0.15) is 0 Å². The normalized spacial score (nSPS) is 27.8. The summed E-state index contributed by atoms with van der Waals surface area (Å²) in [6.45, 7) is 9.49. The average Bonchev–Trinajstić information content (AvgIpc) is 2.81. The van der Waals surface area contributed by atoms with Gasteiger partial charge < -0.3 is 5.11 Å². The Kier molecular flexibility index (Phi) is 4.91. The van der Waals surface area contributed by atoms with Crippen LogP contribution in [0.15, 0.2) is 5.51 Å². The zero-order valence-corrected chi connectivity index (χ0v) is 14.2. The Hall–Kier alpha value is -0.410. The summed E-state index contributed by atoms with van der Waals surface area (Å²) < 4.78 is 0. The Morgan fingerprint density at radius 1 is 1.35 bits per heavy atom. The lowest BCUT2D eigenvalue weighted by Gasteiger charge is -2.43. The van der Waals surface area contributed by atoms with Crippen molar-refractivity contribution in [1.29, 1.82) is 0 Å². The monoisotopic (exact) mass is 295 g/mol. The van der Waals surface area contributed by atoms with E-state index in [1.54, 1.807) is 11.3 Å². The molecule has 0 amide bonds. The number of rotatable bonds is 4. The van der Waals surface area contributed by atoms with Gasteiger partial charge in [0.2, 0.25) is 0 Å². The van der Waals surface area contributed by atoms with E-state index in [2.05, 4.69) is 32.7 Å². The SMILES string of the molecule is Cc1ncsc1CCC1(CO)CCC(C(C)(C)C)CC1. The Bertz CT molecular complexity index is 424. The predicted octanol–water partition coefficient (Wildman–Crippen LogP) is 4.60. The smallest absolute Gasteiger partial charge is 0.0797 e. The molecule has 0 aromatic carbocycles. The Balaban J connectivity index is 1.93. The third-order valence-corrected chi connectivity index (χ3v) is 6.33. The Morgan fingerprint density at radius 2 is 2.00 bits per heavy atom. The number of nitrogens with zero attached hydrogens (tertiary/aromatic N) is 1. The van der Waals surface area contributed by atoms with Crippen LogP contribution in [0.2, 0.25) is 0 Å². The van der Waals surface area contributed by atoms with Gasteiger partial charge in [-0.15, -0.1) is 11.3 Å². The van der Waals surface area contributed by atoms with Crippen LogP contribution in [-0.2, 0) is 6.42 Å². The molecule has 2 nitrogen and oxygen atoms in total. The zero-order valence-electron chi connectivity index (χ0n) is 13.4. The summed E-state index contributed by atoms with van der Waals surface area (Å²) in [6, 6.07) is 0. The van der Waals surface area contributed by atoms with Crippen LogP contribution >= 0.6 is 11.3 Å². The molecule has 1 fully saturated rings. The first kappa shape index (κ1) is 16.0. The van der Waals surface area contributed by atoms with Gasteiger partial charge in [0.15, 0.2) is 0 Å². The minimum absolute atomic E-state index is 0.165. The maximum atomic E-state index is 9.92. The fourth-order valence-electron chi connectivity index (χ4n) is 3.53. The molecule has 1 aromatic heterocycles. The summed E-state index contributed by atoms with van der Waals surface area (Å²) >= 11 is 1.76. The van der Waals surface area contributed by atoms with Crippen LogP contribution in [0.4, 0.5) is 0 Å². The Labute approximate surface area is 127 Å². The molecule has 20 heavy (non-hydrogen) atoms. The second-order valence-electron chi connectivity index (χ2n) is 7.66. The summed E-state index contributed by atoms with van der Waals surface area (Å²) in [5.74, 6) is 0.812. The van der Waals surface area contributed by atoms with Crippen LogP contribution in [0.5, 0.6) is 0 Å². The molecule has 1 aliphatic rings. The maximum absolute atomic E-state index is 9.92. The average molecular weight is 295 g/mol. The summed E-state index contributed by atoms with van der Waals surface area (Å²) in [5, 5.41) is 9.92. The van der Waals surface area contributed by atoms with Crippen LogP contribution in [0.3, 0.4) is 0 Å². The molecule has 1 aliphatic carbocycles. The molecule has 0 aliphatic heterocycles. The molecule has 0 bridgehead atoms. The fourth-order valence-corrected chi connectivity index (χ4v) is 4.31. The van der Waals surface area contributed by atoms with Gasteiger partial charge in [-0.2, -0.15) is 0 Å². The van der Waals surface area contributed by atoms with Crippen molar-refractivity contribution in [3.05, 3.63) is 16.1 Å². The molecule has 0 spiro atoms. The second-order valence-corrected chi connectivity index (χ2v) is 8.60. The van der Waals surface area contributed by atoms with E-state index in [9.17, 15) is 5.11 Å². The first-order chi connectivity index (χ1) is 9.36. The van der Waals surface area contributed by atoms with Crippen molar-refractivity contribution in [3.63, 3.8) is 0 Å². The lowest BCUT2D eigenvalue weighted by Crippen LogP contribution is -2.35. The van der Waals surface area contributed by atoms with Gasteiger partial charge in [0.05, 0.1) is 11.2 Å². The Morgan fingerprint density at radius 3 is 2.45 bits per heavy atom. The molecule has 0 radical (unpaired) electrons. The van der Waals surface area contributed by atoms with Gasteiger partial charge in [0.25, 0.3) is 0 Å². The van der Waals surface area contributed by atoms with Crippen LogP contribution < -0.4 is 0 Å². The van der Waals surface area contributed by atoms with Gasteiger partial charge in [-0.3, -0.25) is 0 Å². The van der Waals surface area contributed by atoms with Crippen molar-refractivity contribution in [2.45, 2.75) is 66.2 Å². The van der Waals surface area contributed by atoms with Crippen LogP contribution in [0.25, 0.3) is 0 Å². The van der Waals surface area contributed by atoms with Gasteiger partial charge in [-0.25, -0.2) is 4.98 Å². The number of aromatic nitrogens is 1. The number of hydrogen-bond donors (Lipinski definition) is 1. The number of aliphatic hydroxyl groups is 1. The summed E-state index contributed by atoms with van der Waals surface area (Å²) in [5.41, 5.74) is 3.69. The first-order valence-corrected chi connectivity index (χ1v) is 8.74. The summed E-state index contributed by atoms with van der Waals surface area (Å²) in [4.78, 5) is 5.73. The standard InChI is InChI=1S/C17H29NOS/c1-13-15(20-12-18-13)7-10-17(11-19)8-5-14(6-9-17)16(2,3)4/h12,14,19H,5-11H2,1-4H3. The third kappa shape index (κ3) is 3.62. The number of hydrogen-bond acceptors (Lipinski definition) is 3. The highest BCUT2D eigenvalue weighted by molar-refractivity contribution is 7.09. The molecule has 114 valence electrons. The molecule has 0 unspecified atom stereocenters. The minimum Gasteiger partial charge on any atom is -0.396 e. The largest absolute Gasteiger partial charge is 0.396 e. The zero-order chi connectivity index (χ0) is 14.8. The van der Waals surface area contributed by atoms with E-state index in [4.69, 9.17) is 0 Å². The lowest BCUT2D eigenvalue weighted by molar-refractivity contribution is 0.0307. The fraction of sp³-hybridized carbons (Fsp3) is 0.824. The van der Waals surface area contributed by atoms with E-state index in [0.717, 1.165) is 18.8 Å². The van der Waals surface area contributed by atoms with Gasteiger partial charge in [-0.05, 0) is 62.2 Å². The van der Waals surface area contributed by atoms with E-state index in [-0.39, 0.29) is 5.41 Å². The topological polar surface area (TPSA) is 33.1 Å². The van der Waals surface area contributed by atoms with Crippen molar-refractivity contribution in [2.75, 3.05) is 6.61 Å². The summed E-state index contributed by atoms with van der Waals surface area (Å²) in [6.07, 6.45) is 7.10. The summed E-state index contributed by atoms with van der Waals surface area (Å²) in [7, 11) is 0. The van der Waals surface area contributed by atoms with Crippen molar-refractivity contribution in [1.82, 2.24) is 4.98 Å². The minimum atomic E-state index is 0.165. The predicted molar refractivity (Wildman–Crippen MR) is 86.1 cm³/mol. The van der Waals surface area contributed by atoms with E-state index >= 15 is 0 Å². The molecule has 2 rings (SSSR count). The lowest BCUT2D eigenvalue weighted by atomic mass is 9.63. The van der Waals surface area contributed by atoms with Crippen molar-refractivity contribution < 1.29 is 5.11 Å². The van der Waals surface area contributed by atoms with Crippen molar-refractivity contribution in [3.8, 4) is 0 Å². The van der Waals surface area contributed by atoms with E-state index in [1.165, 1.54) is 36.3 Å². The van der Waals surface area contributed by atoms with Crippen LogP contribution in [0, 0.1) is 23.7 Å². The highest BCUT2D eigenvalue weighted by Crippen LogP contribution is 2.47. The molecule has 1 saturated carbocycles. The molecule has 0 saturated heterocycles. The van der Waals surface area contributed by atoms with Crippen LogP contribution in [-0.4, -0.2) is 16.7 Å². The highest BCUT2D eigenvalue weighted by Gasteiger charge is 2.38. The van der Waals surface area contributed by atoms with Gasteiger partial charge in [0, 0.05) is 11.5 Å². The second kappa shape index (κ2) is 6.15. The molecule has 1 heterocycles.